The molecule has 2 amide bonds. The lowest BCUT2D eigenvalue weighted by Gasteiger charge is -2.31. The van der Waals surface area contributed by atoms with Gasteiger partial charge < -0.3 is 10.2 Å². The number of rotatable bonds is 6. The Kier molecular flexibility index (Phi) is 6.69. The lowest BCUT2D eigenvalue weighted by atomic mass is 10.1. The summed E-state index contributed by atoms with van der Waals surface area (Å²) in [6.45, 7) is 6.83. The number of urea groups is 1. The van der Waals surface area contributed by atoms with Crippen molar-refractivity contribution in [2.45, 2.75) is 39.8 Å². The quantitative estimate of drug-likeness (QED) is 0.555. The molecule has 3 aromatic rings. The summed E-state index contributed by atoms with van der Waals surface area (Å²) in [6, 6.07) is 14.3. The monoisotopic (exact) mass is 456 g/mol. The van der Waals surface area contributed by atoms with Crippen molar-refractivity contribution in [1.82, 2.24) is 14.5 Å². The SMILES string of the molecule is CCC(c1nc2ccccc2c(=O)n1CC)N(CC)C(=O)Nc1ccccc1Br. The largest absolute Gasteiger partial charge is 0.322 e. The molecule has 0 bridgehead atoms. The maximum atomic E-state index is 13.1. The molecular weight excluding hydrogens is 432 g/mol. The van der Waals surface area contributed by atoms with E-state index in [2.05, 4.69) is 21.2 Å². The predicted octanol–water partition coefficient (Wildman–Crippen LogP) is 5.18. The number of carbonyl (C=O) groups excluding carboxylic acids is 1. The molecule has 1 N–H and O–H groups in total. The molecule has 0 radical (unpaired) electrons. The van der Waals surface area contributed by atoms with E-state index in [1.807, 2.05) is 63.2 Å². The highest BCUT2D eigenvalue weighted by molar-refractivity contribution is 9.10. The molecule has 0 fully saturated rings. The highest BCUT2D eigenvalue weighted by Crippen LogP contribution is 2.26. The van der Waals surface area contributed by atoms with Gasteiger partial charge in [0.2, 0.25) is 0 Å². The second-order valence-corrected chi connectivity index (χ2v) is 7.51. The summed E-state index contributed by atoms with van der Waals surface area (Å²) >= 11 is 3.46. The highest BCUT2D eigenvalue weighted by atomic mass is 79.9. The highest BCUT2D eigenvalue weighted by Gasteiger charge is 2.27. The fourth-order valence-electron chi connectivity index (χ4n) is 3.54. The topological polar surface area (TPSA) is 67.2 Å². The molecule has 1 unspecified atom stereocenters. The third kappa shape index (κ3) is 4.19. The van der Waals surface area contributed by atoms with Crippen LogP contribution in [0.15, 0.2) is 57.8 Å². The molecule has 29 heavy (non-hydrogen) atoms. The number of nitrogens with zero attached hydrogens (tertiary/aromatic N) is 3. The number of hydrogen-bond donors (Lipinski definition) is 1. The molecule has 0 aliphatic rings. The van der Waals surface area contributed by atoms with Crippen LogP contribution in [0.1, 0.15) is 39.1 Å². The van der Waals surface area contributed by atoms with Crippen molar-refractivity contribution in [3.05, 3.63) is 69.2 Å². The third-order valence-electron chi connectivity index (χ3n) is 4.99. The zero-order valence-electron chi connectivity index (χ0n) is 16.9. The Labute approximate surface area is 178 Å². The van der Waals surface area contributed by atoms with Gasteiger partial charge in [-0.3, -0.25) is 9.36 Å². The van der Waals surface area contributed by atoms with E-state index >= 15 is 0 Å². The minimum absolute atomic E-state index is 0.0752. The van der Waals surface area contributed by atoms with Crippen molar-refractivity contribution >= 4 is 38.6 Å². The van der Waals surface area contributed by atoms with Crippen LogP contribution in [0.3, 0.4) is 0 Å². The van der Waals surface area contributed by atoms with Gasteiger partial charge in [0.1, 0.15) is 5.82 Å². The molecule has 0 spiro atoms. The number of nitrogens with one attached hydrogen (secondary N) is 1. The van der Waals surface area contributed by atoms with E-state index in [-0.39, 0.29) is 17.6 Å². The van der Waals surface area contributed by atoms with E-state index < -0.39 is 0 Å². The van der Waals surface area contributed by atoms with E-state index in [9.17, 15) is 9.59 Å². The van der Waals surface area contributed by atoms with E-state index in [1.165, 1.54) is 0 Å². The molecule has 0 saturated carbocycles. The van der Waals surface area contributed by atoms with Gasteiger partial charge in [-0.1, -0.05) is 31.2 Å². The molecular formula is C22H25BrN4O2. The third-order valence-corrected chi connectivity index (χ3v) is 5.68. The van der Waals surface area contributed by atoms with Gasteiger partial charge in [-0.05, 0) is 60.5 Å². The standard InChI is InChI=1S/C22H25BrN4O2/c1-4-19(26(5-2)22(29)25-18-14-10-8-12-16(18)23)20-24-17-13-9-7-11-15(17)21(28)27(20)6-3/h7-14,19H,4-6H2,1-3H3,(H,25,29). The molecule has 1 atom stereocenters. The summed E-state index contributed by atoms with van der Waals surface area (Å²) in [6.07, 6.45) is 0.641. The van der Waals surface area contributed by atoms with Crippen LogP contribution >= 0.6 is 15.9 Å². The van der Waals surface area contributed by atoms with Crippen LogP contribution in [0, 0.1) is 0 Å². The summed E-state index contributed by atoms with van der Waals surface area (Å²) < 4.78 is 2.48. The smallest absolute Gasteiger partial charge is 0.315 e. The van der Waals surface area contributed by atoms with Crippen molar-refractivity contribution in [2.75, 3.05) is 11.9 Å². The Morgan fingerprint density at radius 2 is 1.83 bits per heavy atom. The first kappa shape index (κ1) is 21.0. The van der Waals surface area contributed by atoms with Crippen LogP contribution in [0.4, 0.5) is 10.5 Å². The molecule has 7 heteroatoms. The summed E-state index contributed by atoms with van der Waals surface area (Å²) in [5.41, 5.74) is 1.27. The Balaban J connectivity index is 2.04. The number of fused-ring (bicyclic) bond motifs is 1. The second kappa shape index (κ2) is 9.22. The molecule has 152 valence electrons. The molecule has 1 aromatic heterocycles. The Morgan fingerprint density at radius 1 is 1.14 bits per heavy atom. The van der Waals surface area contributed by atoms with E-state index in [0.29, 0.717) is 41.9 Å². The van der Waals surface area contributed by atoms with E-state index in [0.717, 1.165) is 4.47 Å². The van der Waals surface area contributed by atoms with Crippen LogP contribution < -0.4 is 10.9 Å². The number of hydrogen-bond acceptors (Lipinski definition) is 3. The van der Waals surface area contributed by atoms with Crippen LogP contribution in [0.25, 0.3) is 10.9 Å². The summed E-state index contributed by atoms with van der Waals surface area (Å²) in [5, 5.41) is 3.55. The van der Waals surface area contributed by atoms with E-state index in [1.54, 1.807) is 15.5 Å². The number of anilines is 1. The summed E-state index contributed by atoms with van der Waals surface area (Å²) in [7, 11) is 0. The molecule has 6 nitrogen and oxygen atoms in total. The van der Waals surface area contributed by atoms with Crippen molar-refractivity contribution < 1.29 is 4.79 Å². The molecule has 2 aromatic carbocycles. The molecule has 0 aliphatic carbocycles. The van der Waals surface area contributed by atoms with Crippen LogP contribution in [0.5, 0.6) is 0 Å². The summed E-state index contributed by atoms with van der Waals surface area (Å²) in [5.74, 6) is 0.614. The first-order chi connectivity index (χ1) is 14.0. The predicted molar refractivity (Wildman–Crippen MR) is 120 cm³/mol. The van der Waals surface area contributed by atoms with Gasteiger partial charge in [0.15, 0.2) is 0 Å². The number of benzene rings is 2. The van der Waals surface area contributed by atoms with Crippen molar-refractivity contribution in [3.8, 4) is 0 Å². The van der Waals surface area contributed by atoms with Gasteiger partial charge in [-0.15, -0.1) is 0 Å². The Bertz CT molecular complexity index is 1080. The average molecular weight is 457 g/mol. The normalized spacial score (nSPS) is 12.0. The number of aromatic nitrogens is 2. The molecule has 0 aliphatic heterocycles. The fraction of sp³-hybridized carbons (Fsp3) is 0.318. The molecule has 3 rings (SSSR count). The maximum Gasteiger partial charge on any atom is 0.322 e. The lowest BCUT2D eigenvalue weighted by Crippen LogP contribution is -2.41. The molecule has 1 heterocycles. The average Bonchev–Trinajstić information content (AvgIpc) is 2.73. The van der Waals surface area contributed by atoms with Gasteiger partial charge in [0.05, 0.1) is 22.6 Å². The maximum absolute atomic E-state index is 13.1. The minimum Gasteiger partial charge on any atom is -0.315 e. The van der Waals surface area contributed by atoms with Gasteiger partial charge in [0, 0.05) is 17.6 Å². The zero-order chi connectivity index (χ0) is 21.0. The van der Waals surface area contributed by atoms with Crippen molar-refractivity contribution in [1.29, 1.82) is 0 Å². The van der Waals surface area contributed by atoms with Crippen molar-refractivity contribution in [3.63, 3.8) is 0 Å². The van der Waals surface area contributed by atoms with Gasteiger partial charge in [-0.25, -0.2) is 9.78 Å². The van der Waals surface area contributed by atoms with E-state index in [4.69, 9.17) is 4.98 Å². The van der Waals surface area contributed by atoms with Crippen LogP contribution in [-0.2, 0) is 6.54 Å². The number of carbonyl (C=O) groups is 1. The number of amides is 2. The first-order valence-electron chi connectivity index (χ1n) is 9.83. The minimum atomic E-state index is -0.320. The van der Waals surface area contributed by atoms with Crippen molar-refractivity contribution in [2.24, 2.45) is 0 Å². The zero-order valence-corrected chi connectivity index (χ0v) is 18.4. The fourth-order valence-corrected chi connectivity index (χ4v) is 3.93. The van der Waals surface area contributed by atoms with Crippen LogP contribution in [0.2, 0.25) is 0 Å². The second-order valence-electron chi connectivity index (χ2n) is 6.66. The Hall–Kier alpha value is -2.67. The first-order valence-corrected chi connectivity index (χ1v) is 10.6. The lowest BCUT2D eigenvalue weighted by molar-refractivity contribution is 0.184. The van der Waals surface area contributed by atoms with Crippen LogP contribution in [-0.4, -0.2) is 27.0 Å². The number of para-hydroxylation sites is 2. The van der Waals surface area contributed by atoms with Gasteiger partial charge in [0.25, 0.3) is 5.56 Å². The van der Waals surface area contributed by atoms with Gasteiger partial charge >= 0.3 is 6.03 Å². The molecule has 0 saturated heterocycles. The van der Waals surface area contributed by atoms with Gasteiger partial charge in [-0.2, -0.15) is 0 Å². The summed E-state index contributed by atoms with van der Waals surface area (Å²) in [4.78, 5) is 32.6. The number of halogens is 1. The Morgan fingerprint density at radius 3 is 2.48 bits per heavy atom.